The van der Waals surface area contributed by atoms with Crippen molar-refractivity contribution in [2.45, 2.75) is 49.1 Å². The first-order valence-corrected chi connectivity index (χ1v) is 13.2. The van der Waals surface area contributed by atoms with Crippen molar-refractivity contribution in [3.63, 3.8) is 0 Å². The molecule has 170 valence electrons. The molecule has 0 fully saturated rings. The number of nitrogens with zero attached hydrogens (tertiary/aromatic N) is 3. The van der Waals surface area contributed by atoms with Crippen molar-refractivity contribution in [3.05, 3.63) is 59.2 Å². The SMILES string of the molecule is Cc1ccc(S(=O)(=O)N(CC(=O)Nc2nnc(SC(C)C)s2)c2cc(C)ccc2C)cc1. The number of aryl methyl sites for hydroxylation is 3. The molecule has 3 aromatic rings. The van der Waals surface area contributed by atoms with Gasteiger partial charge in [-0.15, -0.1) is 10.2 Å². The number of thioether (sulfide) groups is 1. The topological polar surface area (TPSA) is 92.3 Å². The van der Waals surface area contributed by atoms with E-state index in [9.17, 15) is 13.2 Å². The summed E-state index contributed by atoms with van der Waals surface area (Å²) in [6.45, 7) is 9.30. The van der Waals surface area contributed by atoms with Gasteiger partial charge in [-0.3, -0.25) is 14.4 Å². The van der Waals surface area contributed by atoms with Crippen LogP contribution in [0.15, 0.2) is 51.7 Å². The van der Waals surface area contributed by atoms with Crippen molar-refractivity contribution >= 4 is 49.8 Å². The molecule has 0 aliphatic heterocycles. The van der Waals surface area contributed by atoms with E-state index in [4.69, 9.17) is 0 Å². The van der Waals surface area contributed by atoms with Crippen molar-refractivity contribution in [3.8, 4) is 0 Å². The van der Waals surface area contributed by atoms with Crippen LogP contribution < -0.4 is 9.62 Å². The summed E-state index contributed by atoms with van der Waals surface area (Å²) < 4.78 is 29.0. The zero-order valence-corrected chi connectivity index (χ0v) is 21.1. The van der Waals surface area contributed by atoms with Gasteiger partial charge >= 0.3 is 0 Å². The van der Waals surface area contributed by atoms with Gasteiger partial charge < -0.3 is 0 Å². The van der Waals surface area contributed by atoms with Gasteiger partial charge in [0.15, 0.2) is 4.34 Å². The largest absolute Gasteiger partial charge is 0.299 e. The maximum absolute atomic E-state index is 13.5. The van der Waals surface area contributed by atoms with Crippen LogP contribution in [0.25, 0.3) is 0 Å². The van der Waals surface area contributed by atoms with Crippen LogP contribution in [0.4, 0.5) is 10.8 Å². The second-order valence-corrected chi connectivity index (χ2v) is 12.4. The molecule has 1 heterocycles. The maximum atomic E-state index is 13.5. The third kappa shape index (κ3) is 5.87. The normalized spacial score (nSPS) is 11.6. The van der Waals surface area contributed by atoms with Gasteiger partial charge in [0.2, 0.25) is 11.0 Å². The summed E-state index contributed by atoms with van der Waals surface area (Å²) in [5.41, 5.74) is 3.07. The molecule has 0 aliphatic carbocycles. The Morgan fingerprint density at radius 2 is 1.72 bits per heavy atom. The number of nitrogens with one attached hydrogen (secondary N) is 1. The number of rotatable bonds is 8. The van der Waals surface area contributed by atoms with E-state index in [2.05, 4.69) is 15.5 Å². The lowest BCUT2D eigenvalue weighted by atomic mass is 10.1. The number of amides is 1. The van der Waals surface area contributed by atoms with Crippen molar-refractivity contribution in [1.82, 2.24) is 10.2 Å². The predicted molar refractivity (Wildman–Crippen MR) is 131 cm³/mol. The fraction of sp³-hybridized carbons (Fsp3) is 0.318. The highest BCUT2D eigenvalue weighted by molar-refractivity contribution is 8.01. The molecule has 7 nitrogen and oxygen atoms in total. The average molecular weight is 491 g/mol. The molecule has 0 radical (unpaired) electrons. The van der Waals surface area contributed by atoms with E-state index in [1.54, 1.807) is 42.1 Å². The summed E-state index contributed by atoms with van der Waals surface area (Å²) >= 11 is 2.81. The number of sulfonamides is 1. The third-order valence-electron chi connectivity index (χ3n) is 4.52. The van der Waals surface area contributed by atoms with Gasteiger partial charge in [0, 0.05) is 5.25 Å². The van der Waals surface area contributed by atoms with Gasteiger partial charge in [-0.05, 0) is 50.1 Å². The Labute approximate surface area is 197 Å². The van der Waals surface area contributed by atoms with Crippen LogP contribution in [0.5, 0.6) is 0 Å². The van der Waals surface area contributed by atoms with Crippen LogP contribution >= 0.6 is 23.1 Å². The molecule has 1 aromatic heterocycles. The van der Waals surface area contributed by atoms with E-state index in [1.807, 2.05) is 46.8 Å². The summed E-state index contributed by atoms with van der Waals surface area (Å²) in [5, 5.41) is 11.4. The van der Waals surface area contributed by atoms with Crippen molar-refractivity contribution in [2.24, 2.45) is 0 Å². The summed E-state index contributed by atoms with van der Waals surface area (Å²) in [5.74, 6) is -0.487. The molecule has 10 heteroatoms. The lowest BCUT2D eigenvalue weighted by Gasteiger charge is -2.26. The highest BCUT2D eigenvalue weighted by atomic mass is 32.2. The molecular formula is C22H26N4O3S3. The second kappa shape index (κ2) is 10.0. The summed E-state index contributed by atoms with van der Waals surface area (Å²) in [7, 11) is -3.97. The number of carbonyl (C=O) groups excluding carboxylic acids is 1. The zero-order chi connectivity index (χ0) is 23.5. The molecule has 0 atom stereocenters. The predicted octanol–water partition coefficient (Wildman–Crippen LogP) is 4.80. The van der Waals surface area contributed by atoms with Crippen LogP contribution in [0.3, 0.4) is 0 Å². The van der Waals surface area contributed by atoms with Crippen LogP contribution in [-0.2, 0) is 14.8 Å². The first-order valence-electron chi connectivity index (χ1n) is 10.0. The van der Waals surface area contributed by atoms with Gasteiger partial charge in [0.1, 0.15) is 6.54 Å². The van der Waals surface area contributed by atoms with Crippen molar-refractivity contribution in [2.75, 3.05) is 16.2 Å². The summed E-state index contributed by atoms with van der Waals surface area (Å²) in [6, 6.07) is 12.1. The standard InChI is InChI=1S/C22H26N4O3S3/c1-14(2)30-22-25-24-21(31-22)23-20(27)13-26(19-12-16(4)6-9-17(19)5)32(28,29)18-10-7-15(3)8-11-18/h6-12,14H,13H2,1-5H3,(H,23,24,27). The Hall–Kier alpha value is -2.43. The minimum atomic E-state index is -3.97. The van der Waals surface area contributed by atoms with Gasteiger partial charge in [-0.1, -0.05) is 66.8 Å². The molecule has 32 heavy (non-hydrogen) atoms. The number of hydrogen-bond acceptors (Lipinski definition) is 7. The quantitative estimate of drug-likeness (QED) is 0.360. The fourth-order valence-corrected chi connectivity index (χ4v) is 6.39. The van der Waals surface area contributed by atoms with E-state index in [0.29, 0.717) is 16.1 Å². The Kier molecular flexibility index (Phi) is 7.58. The van der Waals surface area contributed by atoms with E-state index in [0.717, 1.165) is 25.3 Å². The lowest BCUT2D eigenvalue weighted by molar-refractivity contribution is -0.114. The molecule has 3 rings (SSSR count). The summed E-state index contributed by atoms with van der Waals surface area (Å²) in [4.78, 5) is 13.0. The van der Waals surface area contributed by atoms with Crippen LogP contribution in [0.2, 0.25) is 0 Å². The first kappa shape index (κ1) is 24.2. The highest BCUT2D eigenvalue weighted by Crippen LogP contribution is 2.30. The van der Waals surface area contributed by atoms with Crippen LogP contribution in [0, 0.1) is 20.8 Å². The Balaban J connectivity index is 1.92. The number of aromatic nitrogens is 2. The van der Waals surface area contributed by atoms with Crippen LogP contribution in [0.1, 0.15) is 30.5 Å². The average Bonchev–Trinajstić information content (AvgIpc) is 3.14. The fourth-order valence-electron chi connectivity index (χ4n) is 2.92. The molecule has 2 aromatic carbocycles. The smallest absolute Gasteiger partial charge is 0.264 e. The molecule has 0 saturated heterocycles. The number of benzene rings is 2. The molecule has 0 unspecified atom stereocenters. The highest BCUT2D eigenvalue weighted by Gasteiger charge is 2.28. The second-order valence-electron chi connectivity index (χ2n) is 7.70. The number of anilines is 2. The van der Waals surface area contributed by atoms with Gasteiger partial charge in [-0.2, -0.15) is 0 Å². The van der Waals surface area contributed by atoms with E-state index < -0.39 is 15.9 Å². The van der Waals surface area contributed by atoms with Gasteiger partial charge in [-0.25, -0.2) is 8.42 Å². The molecule has 0 aliphatic rings. The van der Waals surface area contributed by atoms with E-state index in [-0.39, 0.29) is 11.4 Å². The Morgan fingerprint density at radius 3 is 2.38 bits per heavy atom. The molecule has 0 bridgehead atoms. The molecule has 1 amide bonds. The molecule has 1 N–H and O–H groups in total. The summed E-state index contributed by atoms with van der Waals surface area (Å²) in [6.07, 6.45) is 0. The van der Waals surface area contributed by atoms with Crippen LogP contribution in [-0.4, -0.2) is 36.3 Å². The van der Waals surface area contributed by atoms with Gasteiger partial charge in [0.25, 0.3) is 10.0 Å². The molecular weight excluding hydrogens is 464 g/mol. The Morgan fingerprint density at radius 1 is 1.06 bits per heavy atom. The van der Waals surface area contributed by atoms with Gasteiger partial charge in [0.05, 0.1) is 10.6 Å². The number of carbonyl (C=O) groups is 1. The molecule has 0 spiro atoms. The lowest BCUT2D eigenvalue weighted by Crippen LogP contribution is -2.38. The molecule has 0 saturated carbocycles. The van der Waals surface area contributed by atoms with Crippen molar-refractivity contribution in [1.29, 1.82) is 0 Å². The zero-order valence-electron chi connectivity index (χ0n) is 18.6. The monoisotopic (exact) mass is 490 g/mol. The Bertz CT molecular complexity index is 1210. The number of hydrogen-bond donors (Lipinski definition) is 1. The van der Waals surface area contributed by atoms with E-state index >= 15 is 0 Å². The first-order chi connectivity index (χ1) is 15.1. The minimum absolute atomic E-state index is 0.128. The minimum Gasteiger partial charge on any atom is -0.299 e. The maximum Gasteiger partial charge on any atom is 0.264 e. The van der Waals surface area contributed by atoms with E-state index in [1.165, 1.54) is 11.3 Å². The van der Waals surface area contributed by atoms with Crippen molar-refractivity contribution < 1.29 is 13.2 Å². The third-order valence-corrected chi connectivity index (χ3v) is 8.22.